The van der Waals surface area contributed by atoms with Crippen LogP contribution in [0.2, 0.25) is 0 Å². The number of nitrogens with one attached hydrogen (secondary N) is 1. The second kappa shape index (κ2) is 16.0. The van der Waals surface area contributed by atoms with Crippen LogP contribution in [0.25, 0.3) is 22.2 Å². The number of alkyl halides is 4. The third-order valence-electron chi connectivity index (χ3n) is 9.57. The molecule has 2 N–H and O–H groups in total. The lowest BCUT2D eigenvalue weighted by molar-refractivity contribution is -0.0629. The van der Waals surface area contributed by atoms with E-state index in [1.54, 1.807) is 59.7 Å². The Morgan fingerprint density at radius 2 is 1.26 bits per heavy atom. The van der Waals surface area contributed by atoms with Gasteiger partial charge in [-0.2, -0.15) is 0 Å². The lowest BCUT2D eigenvalue weighted by Crippen LogP contribution is -2.50. The molecule has 0 aliphatic heterocycles. The molecule has 296 valence electrons. The van der Waals surface area contributed by atoms with Gasteiger partial charge in [0.2, 0.25) is 23.6 Å². The average Bonchev–Trinajstić information content (AvgIpc) is 3.65. The largest absolute Gasteiger partial charge is 0.465 e. The Labute approximate surface area is 328 Å². The second-order valence-corrected chi connectivity index (χ2v) is 17.9. The molecule has 54 heavy (non-hydrogen) atoms. The van der Waals surface area contributed by atoms with Gasteiger partial charge in [0.25, 0.3) is 0 Å². The number of oxazole rings is 2. The van der Waals surface area contributed by atoms with E-state index in [9.17, 15) is 32.3 Å². The Kier molecular flexibility index (Phi) is 12.4. The Morgan fingerprint density at radius 3 is 1.70 bits per heavy atom. The Balaban J connectivity index is 0.000000208. The van der Waals surface area contributed by atoms with E-state index < -0.39 is 47.3 Å². The molecule has 2 amide bonds. The number of hydrogen-bond donors (Lipinski definition) is 2. The van der Waals surface area contributed by atoms with Gasteiger partial charge in [0.05, 0.1) is 0 Å². The molecule has 2 heterocycles. The molecular formula is C38H46Br2F4N4O6. The normalized spacial score (nSPS) is 19.1. The van der Waals surface area contributed by atoms with E-state index >= 15 is 0 Å². The number of nitrogens with zero attached hydrogens (tertiary/aromatic N) is 3. The Bertz CT molecular complexity index is 1940. The molecule has 2 aromatic heterocycles. The minimum absolute atomic E-state index is 0.200. The molecule has 2 aliphatic carbocycles. The van der Waals surface area contributed by atoms with Crippen LogP contribution in [0.1, 0.15) is 117 Å². The summed E-state index contributed by atoms with van der Waals surface area (Å²) >= 11 is 6.77. The van der Waals surface area contributed by atoms with Gasteiger partial charge in [0.15, 0.2) is 11.2 Å². The van der Waals surface area contributed by atoms with E-state index in [1.807, 2.05) is 18.2 Å². The summed E-state index contributed by atoms with van der Waals surface area (Å²) in [5.74, 6) is -5.26. The minimum Gasteiger partial charge on any atom is -0.465 e. The quantitative estimate of drug-likeness (QED) is 0.183. The van der Waals surface area contributed by atoms with Crippen LogP contribution in [0.4, 0.5) is 27.2 Å². The fraction of sp³-hybridized carbons (Fsp3) is 0.579. The molecule has 0 bridgehead atoms. The van der Waals surface area contributed by atoms with Gasteiger partial charge in [-0.05, 0) is 115 Å². The molecule has 0 spiro atoms. The highest BCUT2D eigenvalue weighted by atomic mass is 79.9. The van der Waals surface area contributed by atoms with Crippen LogP contribution in [0, 0.1) is 11.8 Å². The first kappa shape index (κ1) is 41.8. The number of aromatic nitrogens is 2. The summed E-state index contributed by atoms with van der Waals surface area (Å²) in [4.78, 5) is 34.7. The van der Waals surface area contributed by atoms with Crippen LogP contribution in [0.15, 0.2) is 54.2 Å². The summed E-state index contributed by atoms with van der Waals surface area (Å²) in [7, 11) is 0. The number of amides is 2. The number of rotatable bonds is 6. The summed E-state index contributed by atoms with van der Waals surface area (Å²) in [6, 6.07) is 9.42. The third kappa shape index (κ3) is 10.7. The predicted molar refractivity (Wildman–Crippen MR) is 202 cm³/mol. The fourth-order valence-electron chi connectivity index (χ4n) is 7.03. The smallest absolute Gasteiger partial charge is 0.408 e. The maximum Gasteiger partial charge on any atom is 0.408 e. The number of alkyl carbamates (subject to hydrolysis) is 1. The topological polar surface area (TPSA) is 131 Å². The van der Waals surface area contributed by atoms with E-state index in [4.69, 9.17) is 13.6 Å². The molecule has 0 saturated heterocycles. The number of carbonyl (C=O) groups excluding carboxylic acids is 1. The van der Waals surface area contributed by atoms with Crippen molar-refractivity contribution in [2.75, 3.05) is 0 Å². The van der Waals surface area contributed by atoms with Crippen LogP contribution in [-0.4, -0.2) is 55.1 Å². The molecular weight excluding hydrogens is 844 g/mol. The number of carbonyl (C=O) groups is 2. The first-order chi connectivity index (χ1) is 25.0. The van der Waals surface area contributed by atoms with Crippen molar-refractivity contribution < 1.29 is 45.8 Å². The van der Waals surface area contributed by atoms with Gasteiger partial charge in [-0.15, -0.1) is 0 Å². The number of hydrogen-bond acceptors (Lipinski definition) is 7. The lowest BCUT2D eigenvalue weighted by atomic mass is 9.80. The summed E-state index contributed by atoms with van der Waals surface area (Å²) < 4.78 is 73.3. The third-order valence-corrected chi connectivity index (χ3v) is 10.6. The van der Waals surface area contributed by atoms with Gasteiger partial charge in [-0.1, -0.05) is 31.9 Å². The van der Waals surface area contributed by atoms with Crippen molar-refractivity contribution in [3.63, 3.8) is 0 Å². The Morgan fingerprint density at radius 1 is 0.815 bits per heavy atom. The molecule has 2 fully saturated rings. The van der Waals surface area contributed by atoms with Crippen molar-refractivity contribution in [3.05, 3.63) is 57.1 Å². The molecule has 0 radical (unpaired) electrons. The average molecular weight is 891 g/mol. The summed E-state index contributed by atoms with van der Waals surface area (Å²) in [5, 5.41) is 12.7. The van der Waals surface area contributed by atoms with E-state index in [1.165, 1.54) is 4.90 Å². The molecule has 2 aromatic carbocycles. The van der Waals surface area contributed by atoms with Gasteiger partial charge in [0.1, 0.15) is 28.7 Å². The molecule has 10 nitrogen and oxygen atoms in total. The maximum atomic E-state index is 13.7. The summed E-state index contributed by atoms with van der Waals surface area (Å²) in [5.41, 5.74) is 0.947. The number of benzene rings is 2. The molecule has 6 rings (SSSR count). The van der Waals surface area contributed by atoms with Crippen molar-refractivity contribution in [1.29, 1.82) is 0 Å². The number of fused-ring (bicyclic) bond motifs is 2. The highest BCUT2D eigenvalue weighted by Crippen LogP contribution is 2.46. The van der Waals surface area contributed by atoms with Crippen molar-refractivity contribution in [3.8, 4) is 0 Å². The van der Waals surface area contributed by atoms with Crippen molar-refractivity contribution >= 4 is 66.2 Å². The molecule has 2 saturated carbocycles. The predicted octanol–water partition coefficient (Wildman–Crippen LogP) is 12.2. The fourth-order valence-corrected chi connectivity index (χ4v) is 7.73. The molecule has 2 atom stereocenters. The van der Waals surface area contributed by atoms with Crippen LogP contribution < -0.4 is 5.32 Å². The zero-order chi connectivity index (χ0) is 39.8. The minimum atomic E-state index is -2.69. The van der Waals surface area contributed by atoms with Gasteiger partial charge >= 0.3 is 12.2 Å². The van der Waals surface area contributed by atoms with E-state index in [0.717, 1.165) is 8.95 Å². The zero-order valence-corrected chi connectivity index (χ0v) is 34.2. The van der Waals surface area contributed by atoms with Crippen molar-refractivity contribution in [2.45, 2.75) is 128 Å². The summed E-state index contributed by atoms with van der Waals surface area (Å²) in [6.45, 7) is 10.6. The zero-order valence-electron chi connectivity index (χ0n) is 31.0. The SMILES string of the molecule is CC(C)(C)N(C(=O)O)[C@H](c1nc2cc(Br)ccc2o1)C1CCC(F)(F)CC1.CC(C)(C)OC(=O)N[C@H](c1nc2cc(Br)ccc2o1)C1CCC(F)(F)CC1. The highest BCUT2D eigenvalue weighted by molar-refractivity contribution is 9.10. The first-order valence-electron chi connectivity index (χ1n) is 17.9. The van der Waals surface area contributed by atoms with E-state index in [-0.39, 0.29) is 69.1 Å². The second-order valence-electron chi connectivity index (χ2n) is 16.1. The maximum absolute atomic E-state index is 13.7. The van der Waals surface area contributed by atoms with Gasteiger partial charge in [-0.25, -0.2) is 37.1 Å². The standard InChI is InChI=1S/2C19H23BrF2N2O3/c1-18(2,3)27-17(25)24-15(11-6-8-19(21,22)9-7-11)16-23-13-10-12(20)4-5-14(13)26-16;1-18(2,3)24(17(25)26)15(11-6-8-19(21,22)9-7-11)16-23-13-10-12(20)4-5-14(13)27-16/h4-5,10-11,15H,6-9H2,1-3H3,(H,24,25);4-5,10-11,15H,6-9H2,1-3H3,(H,25,26)/t2*15-/m00/s1. The van der Waals surface area contributed by atoms with Crippen LogP contribution >= 0.6 is 31.9 Å². The van der Waals surface area contributed by atoms with Gasteiger partial charge in [0, 0.05) is 40.2 Å². The lowest BCUT2D eigenvalue weighted by Gasteiger charge is -2.43. The Hall–Kier alpha value is -3.40. The highest BCUT2D eigenvalue weighted by Gasteiger charge is 2.46. The molecule has 0 unspecified atom stereocenters. The van der Waals surface area contributed by atoms with Crippen molar-refractivity contribution in [1.82, 2.24) is 20.2 Å². The van der Waals surface area contributed by atoms with Crippen LogP contribution in [0.5, 0.6) is 0 Å². The first-order valence-corrected chi connectivity index (χ1v) is 19.5. The molecule has 16 heteroatoms. The number of ether oxygens (including phenoxy) is 1. The molecule has 4 aromatic rings. The van der Waals surface area contributed by atoms with E-state index in [2.05, 4.69) is 47.1 Å². The van der Waals surface area contributed by atoms with Crippen LogP contribution in [0.3, 0.4) is 0 Å². The van der Waals surface area contributed by atoms with E-state index in [0.29, 0.717) is 28.1 Å². The van der Waals surface area contributed by atoms with Crippen LogP contribution in [-0.2, 0) is 4.74 Å². The number of halogens is 6. The van der Waals surface area contributed by atoms with Gasteiger partial charge < -0.3 is 24.0 Å². The van der Waals surface area contributed by atoms with Crippen molar-refractivity contribution in [2.24, 2.45) is 11.8 Å². The summed E-state index contributed by atoms with van der Waals surface area (Å²) in [6.07, 6.45) is -1.67. The number of carboxylic acid groups (broad SMARTS) is 1. The monoisotopic (exact) mass is 888 g/mol. The molecule has 2 aliphatic rings. The van der Waals surface area contributed by atoms with Gasteiger partial charge in [-0.3, -0.25) is 4.90 Å².